The van der Waals surface area contributed by atoms with Crippen molar-refractivity contribution in [3.8, 4) is 11.6 Å². The first kappa shape index (κ1) is 24.1. The molecule has 7 nitrogen and oxygen atoms in total. The second-order valence-corrected chi connectivity index (χ2v) is 9.78. The smallest absolute Gasteiger partial charge is 0.262 e. The highest BCUT2D eigenvalue weighted by atomic mass is 32.2. The molecule has 8 heteroatoms. The van der Waals surface area contributed by atoms with E-state index in [0.29, 0.717) is 18.6 Å². The molecule has 0 saturated heterocycles. The Hall–Kier alpha value is -4.04. The normalized spacial score (nSPS) is 11.1. The highest BCUT2D eigenvalue weighted by Gasteiger charge is 2.18. The van der Waals surface area contributed by atoms with Crippen LogP contribution in [0.15, 0.2) is 96.3 Å². The average Bonchev–Trinajstić information content (AvgIpc) is 2.86. The van der Waals surface area contributed by atoms with Gasteiger partial charge in [-0.15, -0.1) is 0 Å². The number of hydrogen-bond donors (Lipinski definition) is 1. The third-order valence-corrected chi connectivity index (χ3v) is 6.68. The summed E-state index contributed by atoms with van der Waals surface area (Å²) in [5.74, 6) is 0.777. The number of ketones is 1. The molecule has 0 aliphatic rings. The predicted molar refractivity (Wildman–Crippen MR) is 134 cm³/mol. The van der Waals surface area contributed by atoms with Crippen molar-refractivity contribution in [2.45, 2.75) is 31.1 Å². The molecule has 0 aliphatic heterocycles. The van der Waals surface area contributed by atoms with Gasteiger partial charge in [-0.25, -0.2) is 13.4 Å². The molecule has 0 atom stereocenters. The Morgan fingerprint density at radius 3 is 2.37 bits per heavy atom. The predicted octanol–water partition coefficient (Wildman–Crippen LogP) is 5.12. The lowest BCUT2D eigenvalue weighted by Gasteiger charge is -2.13. The van der Waals surface area contributed by atoms with Gasteiger partial charge in [0.2, 0.25) is 5.88 Å². The number of aryl methyl sites for hydroxylation is 2. The first-order valence-electron chi connectivity index (χ1n) is 11.1. The maximum absolute atomic E-state index is 13.0. The first-order valence-corrected chi connectivity index (χ1v) is 12.6. The fourth-order valence-corrected chi connectivity index (χ4v) is 4.46. The van der Waals surface area contributed by atoms with Crippen LogP contribution in [0.25, 0.3) is 0 Å². The van der Waals surface area contributed by atoms with Gasteiger partial charge in [0, 0.05) is 31.4 Å². The number of benzene rings is 2. The summed E-state index contributed by atoms with van der Waals surface area (Å²) in [4.78, 5) is 20.6. The topological polar surface area (TPSA) is 98.2 Å². The zero-order valence-corrected chi connectivity index (χ0v) is 20.0. The van der Waals surface area contributed by atoms with Crippen LogP contribution in [0.5, 0.6) is 11.6 Å². The number of ether oxygens (including phenoxy) is 1. The number of aromatic nitrogens is 2. The lowest BCUT2D eigenvalue weighted by molar-refractivity contribution is -0.118. The minimum atomic E-state index is -3.89. The third-order valence-electron chi connectivity index (χ3n) is 5.30. The maximum Gasteiger partial charge on any atom is 0.262 e. The monoisotopic (exact) mass is 487 g/mol. The van der Waals surface area contributed by atoms with Crippen molar-refractivity contribution in [3.05, 3.63) is 108 Å². The quantitative estimate of drug-likeness (QED) is 0.333. The maximum atomic E-state index is 13.0. The molecule has 178 valence electrons. The summed E-state index contributed by atoms with van der Waals surface area (Å²) in [5, 5.41) is 0. The van der Waals surface area contributed by atoms with Gasteiger partial charge in [-0.2, -0.15) is 0 Å². The Morgan fingerprint density at radius 2 is 1.66 bits per heavy atom. The third kappa shape index (κ3) is 6.74. The van der Waals surface area contributed by atoms with Crippen LogP contribution in [0.3, 0.4) is 0 Å². The van der Waals surface area contributed by atoms with Crippen molar-refractivity contribution in [3.63, 3.8) is 0 Å². The average molecular weight is 488 g/mol. The summed E-state index contributed by atoms with van der Waals surface area (Å²) >= 11 is 0. The molecule has 0 amide bonds. The highest BCUT2D eigenvalue weighted by molar-refractivity contribution is 7.92. The number of carbonyl (C=O) groups is 1. The standard InChI is InChI=1S/C27H25N3O4S/c1-20-6-12-24(13-7-20)34-27-26(5-3-17-29-27)30-35(32,33)25-14-9-21(10-15-25)18-23(31)11-8-22-4-2-16-28-19-22/h2-7,9-10,12-17,19,30H,8,11,18H2,1H3. The Morgan fingerprint density at radius 1 is 0.914 bits per heavy atom. The molecule has 0 fully saturated rings. The number of Topliss-reactive ketones (excluding diaryl/α,β-unsaturated/α-hetero) is 1. The molecule has 0 saturated carbocycles. The number of anilines is 1. The van der Waals surface area contributed by atoms with Crippen LogP contribution in [0.1, 0.15) is 23.1 Å². The minimum absolute atomic E-state index is 0.0780. The fraction of sp³-hybridized carbons (Fsp3) is 0.148. The van der Waals surface area contributed by atoms with E-state index in [2.05, 4.69) is 14.7 Å². The van der Waals surface area contributed by atoms with Crippen LogP contribution < -0.4 is 9.46 Å². The number of carbonyl (C=O) groups excluding carboxylic acids is 1. The van der Waals surface area contributed by atoms with Crippen LogP contribution in [0.4, 0.5) is 5.69 Å². The van der Waals surface area contributed by atoms with Crippen molar-refractivity contribution >= 4 is 21.5 Å². The molecule has 2 aromatic heterocycles. The Balaban J connectivity index is 1.40. The number of hydrogen-bond acceptors (Lipinski definition) is 6. The second-order valence-electron chi connectivity index (χ2n) is 8.10. The molecular weight excluding hydrogens is 462 g/mol. The van der Waals surface area contributed by atoms with Crippen LogP contribution in [-0.4, -0.2) is 24.2 Å². The van der Waals surface area contributed by atoms with Gasteiger partial charge in [0.25, 0.3) is 10.0 Å². The summed E-state index contributed by atoms with van der Waals surface area (Å²) in [6.07, 6.45) is 6.24. The van der Waals surface area contributed by atoms with Gasteiger partial charge in [0.1, 0.15) is 17.2 Å². The Labute approximate surface area is 204 Å². The van der Waals surface area contributed by atoms with E-state index in [-0.39, 0.29) is 28.7 Å². The van der Waals surface area contributed by atoms with Crippen molar-refractivity contribution in [2.24, 2.45) is 0 Å². The molecule has 0 aliphatic carbocycles. The van der Waals surface area contributed by atoms with E-state index in [1.54, 1.807) is 48.8 Å². The van der Waals surface area contributed by atoms with Crippen LogP contribution in [0, 0.1) is 6.92 Å². The largest absolute Gasteiger partial charge is 0.437 e. The first-order chi connectivity index (χ1) is 16.9. The lowest BCUT2D eigenvalue weighted by Crippen LogP contribution is -2.14. The molecule has 0 radical (unpaired) electrons. The van der Waals surface area contributed by atoms with Gasteiger partial charge in [0.05, 0.1) is 4.90 Å². The van der Waals surface area contributed by atoms with Crippen LogP contribution in [-0.2, 0) is 27.7 Å². The molecular formula is C27H25N3O4S. The summed E-state index contributed by atoms with van der Waals surface area (Å²) in [6, 6.07) is 20.7. The fourth-order valence-electron chi connectivity index (χ4n) is 3.40. The van der Waals surface area contributed by atoms with Crippen molar-refractivity contribution in [1.82, 2.24) is 9.97 Å². The zero-order valence-electron chi connectivity index (χ0n) is 19.2. The summed E-state index contributed by atoms with van der Waals surface area (Å²) < 4.78 is 34.3. The minimum Gasteiger partial charge on any atom is -0.437 e. The molecule has 2 aromatic carbocycles. The SMILES string of the molecule is Cc1ccc(Oc2ncccc2NS(=O)(=O)c2ccc(CC(=O)CCc3cccnc3)cc2)cc1. The van der Waals surface area contributed by atoms with Crippen molar-refractivity contribution in [1.29, 1.82) is 0 Å². The number of sulfonamides is 1. The van der Waals surface area contributed by atoms with Crippen LogP contribution in [0.2, 0.25) is 0 Å². The highest BCUT2D eigenvalue weighted by Crippen LogP contribution is 2.29. The molecule has 0 bridgehead atoms. The van der Waals surface area contributed by atoms with Crippen molar-refractivity contribution in [2.75, 3.05) is 4.72 Å². The number of rotatable bonds is 10. The van der Waals surface area contributed by atoms with E-state index < -0.39 is 10.0 Å². The summed E-state index contributed by atoms with van der Waals surface area (Å²) in [7, 11) is -3.89. The molecule has 0 spiro atoms. The van der Waals surface area contributed by atoms with Crippen molar-refractivity contribution < 1.29 is 17.9 Å². The molecule has 35 heavy (non-hydrogen) atoms. The van der Waals surface area contributed by atoms with Crippen LogP contribution >= 0.6 is 0 Å². The van der Waals surface area contributed by atoms with Gasteiger partial charge in [-0.3, -0.25) is 14.5 Å². The van der Waals surface area contributed by atoms with E-state index in [1.807, 2.05) is 31.2 Å². The van der Waals surface area contributed by atoms with Gasteiger partial charge < -0.3 is 4.74 Å². The summed E-state index contributed by atoms with van der Waals surface area (Å²) in [5.41, 5.74) is 3.07. The number of nitrogens with one attached hydrogen (secondary N) is 1. The number of nitrogens with zero attached hydrogens (tertiary/aromatic N) is 2. The van der Waals surface area contributed by atoms with Gasteiger partial charge >= 0.3 is 0 Å². The van der Waals surface area contributed by atoms with Gasteiger partial charge in [0.15, 0.2) is 0 Å². The van der Waals surface area contributed by atoms with E-state index in [9.17, 15) is 13.2 Å². The second kappa shape index (κ2) is 10.9. The Kier molecular flexibility index (Phi) is 7.52. The summed E-state index contributed by atoms with van der Waals surface area (Å²) in [6.45, 7) is 1.97. The molecule has 4 aromatic rings. The molecule has 1 N–H and O–H groups in total. The van der Waals surface area contributed by atoms with Gasteiger partial charge in [-0.1, -0.05) is 35.9 Å². The Bertz CT molecular complexity index is 1390. The van der Waals surface area contributed by atoms with E-state index in [4.69, 9.17) is 4.74 Å². The molecule has 0 unspecified atom stereocenters. The number of pyridine rings is 2. The van der Waals surface area contributed by atoms with E-state index in [1.165, 1.54) is 18.3 Å². The molecule has 4 rings (SSSR count). The van der Waals surface area contributed by atoms with E-state index >= 15 is 0 Å². The zero-order chi connectivity index (χ0) is 24.7. The lowest BCUT2D eigenvalue weighted by atomic mass is 10.0. The van der Waals surface area contributed by atoms with Gasteiger partial charge in [-0.05, 0) is 66.9 Å². The van der Waals surface area contributed by atoms with E-state index in [0.717, 1.165) is 16.7 Å². The molecule has 2 heterocycles.